The highest BCUT2D eigenvalue weighted by Gasteiger charge is 2.19. The number of benzene rings is 1. The van der Waals surface area contributed by atoms with E-state index in [1.54, 1.807) is 0 Å². The van der Waals surface area contributed by atoms with Crippen LogP contribution in [0.1, 0.15) is 49.5 Å². The van der Waals surface area contributed by atoms with Crippen LogP contribution < -0.4 is 5.32 Å². The molecule has 1 aliphatic rings. The third-order valence-corrected chi connectivity index (χ3v) is 4.66. The summed E-state index contributed by atoms with van der Waals surface area (Å²) in [6.07, 6.45) is 6.37. The van der Waals surface area contributed by atoms with Crippen LogP contribution in [-0.2, 0) is 0 Å². The second-order valence-electron chi connectivity index (χ2n) is 6.29. The lowest BCUT2D eigenvalue weighted by Gasteiger charge is -2.26. The van der Waals surface area contributed by atoms with Crippen molar-refractivity contribution in [2.45, 2.75) is 39.0 Å². The number of nitrogens with zero attached hydrogens (tertiary/aromatic N) is 1. The second kappa shape index (κ2) is 6.29. The van der Waals surface area contributed by atoms with E-state index >= 15 is 0 Å². The lowest BCUT2D eigenvalue weighted by Crippen LogP contribution is -2.27. The molecule has 2 aromatic rings. The number of fused-ring (bicyclic) bond motifs is 1. The number of carbonyl (C=O) groups excluding carboxylic acids is 1. The fourth-order valence-corrected chi connectivity index (χ4v) is 3.23. The number of rotatable bonds is 4. The molecular formula is C17H23N3O. The van der Waals surface area contributed by atoms with Crippen molar-refractivity contribution in [3.8, 4) is 0 Å². The number of nitrogens with one attached hydrogen (secondary N) is 2. The van der Waals surface area contributed by atoms with E-state index in [-0.39, 0.29) is 5.91 Å². The quantitative estimate of drug-likeness (QED) is 0.903. The van der Waals surface area contributed by atoms with E-state index in [4.69, 9.17) is 0 Å². The number of carbonyl (C=O) groups is 1. The predicted molar refractivity (Wildman–Crippen MR) is 84.2 cm³/mol. The van der Waals surface area contributed by atoms with Crippen LogP contribution in [0.4, 0.5) is 0 Å². The molecule has 21 heavy (non-hydrogen) atoms. The Kier molecular flexibility index (Phi) is 4.23. The first kappa shape index (κ1) is 14.1. The number of aromatic amines is 1. The molecule has 0 saturated heterocycles. The maximum atomic E-state index is 12.2. The van der Waals surface area contributed by atoms with Crippen LogP contribution in [0, 0.1) is 11.8 Å². The van der Waals surface area contributed by atoms with Gasteiger partial charge in [-0.15, -0.1) is 0 Å². The van der Waals surface area contributed by atoms with Crippen molar-refractivity contribution in [3.63, 3.8) is 0 Å². The van der Waals surface area contributed by atoms with Crippen LogP contribution >= 0.6 is 0 Å². The van der Waals surface area contributed by atoms with Crippen LogP contribution in [0.25, 0.3) is 10.9 Å². The smallest absolute Gasteiger partial charge is 0.272 e. The summed E-state index contributed by atoms with van der Waals surface area (Å²) in [5, 5.41) is 10.9. The summed E-state index contributed by atoms with van der Waals surface area (Å²) >= 11 is 0. The summed E-state index contributed by atoms with van der Waals surface area (Å²) in [6.45, 7) is 3.08. The van der Waals surface area contributed by atoms with Crippen molar-refractivity contribution in [1.29, 1.82) is 0 Å². The monoisotopic (exact) mass is 285 g/mol. The van der Waals surface area contributed by atoms with Crippen molar-refractivity contribution < 1.29 is 4.79 Å². The second-order valence-corrected chi connectivity index (χ2v) is 6.29. The molecule has 4 heteroatoms. The third kappa shape index (κ3) is 3.26. The van der Waals surface area contributed by atoms with E-state index in [0.29, 0.717) is 5.69 Å². The maximum absolute atomic E-state index is 12.2. The molecule has 0 aliphatic heterocycles. The van der Waals surface area contributed by atoms with E-state index in [0.717, 1.165) is 35.7 Å². The van der Waals surface area contributed by atoms with Gasteiger partial charge < -0.3 is 5.32 Å². The molecule has 0 bridgehead atoms. The molecule has 1 aromatic heterocycles. The minimum atomic E-state index is -0.0726. The van der Waals surface area contributed by atoms with Crippen LogP contribution in [0.5, 0.6) is 0 Å². The van der Waals surface area contributed by atoms with Crippen LogP contribution in [0.3, 0.4) is 0 Å². The Hall–Kier alpha value is -1.84. The Morgan fingerprint density at radius 2 is 2.05 bits per heavy atom. The van der Waals surface area contributed by atoms with Crippen molar-refractivity contribution in [3.05, 3.63) is 30.0 Å². The zero-order chi connectivity index (χ0) is 14.7. The molecule has 0 spiro atoms. The van der Waals surface area contributed by atoms with E-state index < -0.39 is 0 Å². The SMILES string of the molecule is CC1CCC(CCNC(=O)c2n[nH]c3ccccc23)CC1. The van der Waals surface area contributed by atoms with E-state index in [9.17, 15) is 4.79 Å². The van der Waals surface area contributed by atoms with Gasteiger partial charge in [0, 0.05) is 11.9 Å². The van der Waals surface area contributed by atoms with Gasteiger partial charge in [-0.25, -0.2) is 0 Å². The van der Waals surface area contributed by atoms with Crippen LogP contribution in [-0.4, -0.2) is 22.6 Å². The van der Waals surface area contributed by atoms with Gasteiger partial charge in [-0.05, 0) is 24.3 Å². The van der Waals surface area contributed by atoms with E-state index in [1.165, 1.54) is 25.7 Å². The molecule has 1 fully saturated rings. The van der Waals surface area contributed by atoms with Gasteiger partial charge >= 0.3 is 0 Å². The van der Waals surface area contributed by atoms with Crippen molar-refractivity contribution in [2.24, 2.45) is 11.8 Å². The van der Waals surface area contributed by atoms with Crippen molar-refractivity contribution in [2.75, 3.05) is 6.54 Å². The standard InChI is InChI=1S/C17H23N3O/c1-12-6-8-13(9-7-12)10-11-18-17(21)16-14-4-2-3-5-15(14)19-20-16/h2-5,12-13H,6-11H2,1H3,(H,18,21)(H,19,20). The van der Waals surface area contributed by atoms with Gasteiger partial charge in [-0.3, -0.25) is 9.89 Å². The summed E-state index contributed by atoms with van der Waals surface area (Å²) in [6, 6.07) is 7.72. The average Bonchev–Trinajstić information content (AvgIpc) is 2.93. The summed E-state index contributed by atoms with van der Waals surface area (Å²) in [7, 11) is 0. The van der Waals surface area contributed by atoms with E-state index in [1.807, 2.05) is 24.3 Å². The zero-order valence-electron chi connectivity index (χ0n) is 12.6. The van der Waals surface area contributed by atoms with Gasteiger partial charge in [0.05, 0.1) is 5.52 Å². The van der Waals surface area contributed by atoms with Crippen molar-refractivity contribution >= 4 is 16.8 Å². The molecule has 1 aliphatic carbocycles. The molecule has 2 N–H and O–H groups in total. The highest BCUT2D eigenvalue weighted by molar-refractivity contribution is 6.04. The van der Waals surface area contributed by atoms with Gasteiger partial charge in [0.1, 0.15) is 0 Å². The first-order valence-corrected chi connectivity index (χ1v) is 7.95. The molecule has 112 valence electrons. The Balaban J connectivity index is 1.52. The zero-order valence-corrected chi connectivity index (χ0v) is 12.6. The first-order valence-electron chi connectivity index (χ1n) is 7.95. The number of hydrogen-bond donors (Lipinski definition) is 2. The molecule has 4 nitrogen and oxygen atoms in total. The number of hydrogen-bond acceptors (Lipinski definition) is 2. The Labute approximate surface area is 125 Å². The van der Waals surface area contributed by atoms with Gasteiger partial charge in [0.2, 0.25) is 0 Å². The van der Waals surface area contributed by atoms with E-state index in [2.05, 4.69) is 22.4 Å². The summed E-state index contributed by atoms with van der Waals surface area (Å²) in [5.41, 5.74) is 1.41. The Bertz CT molecular complexity index is 611. The molecule has 0 atom stereocenters. The number of amides is 1. The molecule has 0 radical (unpaired) electrons. The fourth-order valence-electron chi connectivity index (χ4n) is 3.23. The van der Waals surface area contributed by atoms with Crippen molar-refractivity contribution in [1.82, 2.24) is 15.5 Å². The largest absolute Gasteiger partial charge is 0.351 e. The van der Waals surface area contributed by atoms with Gasteiger partial charge in [0.15, 0.2) is 5.69 Å². The topological polar surface area (TPSA) is 57.8 Å². The number of H-pyrrole nitrogens is 1. The first-order chi connectivity index (χ1) is 10.2. The van der Waals surface area contributed by atoms with Gasteiger partial charge in [-0.2, -0.15) is 5.10 Å². The predicted octanol–water partition coefficient (Wildman–Crippen LogP) is 3.51. The van der Waals surface area contributed by atoms with Crippen LogP contribution in [0.15, 0.2) is 24.3 Å². The molecule has 1 saturated carbocycles. The highest BCUT2D eigenvalue weighted by Crippen LogP contribution is 2.29. The van der Waals surface area contributed by atoms with Gasteiger partial charge in [-0.1, -0.05) is 50.8 Å². The third-order valence-electron chi connectivity index (χ3n) is 4.66. The minimum Gasteiger partial charge on any atom is -0.351 e. The molecular weight excluding hydrogens is 262 g/mol. The maximum Gasteiger partial charge on any atom is 0.272 e. The average molecular weight is 285 g/mol. The molecule has 3 rings (SSSR count). The molecule has 1 aromatic carbocycles. The summed E-state index contributed by atoms with van der Waals surface area (Å²) in [5.74, 6) is 1.58. The summed E-state index contributed by atoms with van der Waals surface area (Å²) < 4.78 is 0. The Morgan fingerprint density at radius 1 is 1.29 bits per heavy atom. The number of aromatic nitrogens is 2. The molecule has 0 unspecified atom stereocenters. The summed E-state index contributed by atoms with van der Waals surface area (Å²) in [4.78, 5) is 12.2. The fraction of sp³-hybridized carbons (Fsp3) is 0.529. The molecule has 1 amide bonds. The van der Waals surface area contributed by atoms with Crippen LogP contribution in [0.2, 0.25) is 0 Å². The van der Waals surface area contributed by atoms with Gasteiger partial charge in [0.25, 0.3) is 5.91 Å². The number of para-hydroxylation sites is 1. The lowest BCUT2D eigenvalue weighted by atomic mass is 9.81. The highest BCUT2D eigenvalue weighted by atomic mass is 16.1. The normalized spacial score (nSPS) is 22.3. The molecule has 1 heterocycles. The minimum absolute atomic E-state index is 0.0726. The Morgan fingerprint density at radius 3 is 2.86 bits per heavy atom. The lowest BCUT2D eigenvalue weighted by molar-refractivity contribution is 0.0946.